The van der Waals surface area contributed by atoms with Gasteiger partial charge in [0.05, 0.1) is 16.8 Å². The fourth-order valence-corrected chi connectivity index (χ4v) is 4.25. The third kappa shape index (κ3) is 3.02. The molecule has 146 valence electrons. The Morgan fingerprint density at radius 2 is 2.04 bits per heavy atom. The Hall–Kier alpha value is -2.60. The Morgan fingerprint density at radius 3 is 2.79 bits per heavy atom. The number of carbonyl (C=O) groups excluding carboxylic acids is 1. The summed E-state index contributed by atoms with van der Waals surface area (Å²) in [6.07, 6.45) is 2.55. The first-order chi connectivity index (χ1) is 13.5. The minimum absolute atomic E-state index is 0.0536. The van der Waals surface area contributed by atoms with Crippen molar-refractivity contribution in [1.29, 1.82) is 0 Å². The van der Waals surface area contributed by atoms with Gasteiger partial charge in [-0.3, -0.25) is 4.79 Å². The second kappa shape index (κ2) is 7.43. The highest BCUT2D eigenvalue weighted by atomic mass is 35.5. The van der Waals surface area contributed by atoms with Gasteiger partial charge in [0.2, 0.25) is 0 Å². The van der Waals surface area contributed by atoms with Crippen molar-refractivity contribution in [2.45, 2.75) is 46.1 Å². The van der Waals surface area contributed by atoms with Crippen molar-refractivity contribution < 1.29 is 13.8 Å². The molecule has 1 amide bonds. The van der Waals surface area contributed by atoms with Crippen LogP contribution in [0.25, 0.3) is 11.3 Å². The van der Waals surface area contributed by atoms with Gasteiger partial charge in [-0.25, -0.2) is 0 Å². The van der Waals surface area contributed by atoms with Crippen molar-refractivity contribution in [3.8, 4) is 11.3 Å². The third-order valence-electron chi connectivity index (χ3n) is 5.36. The number of likely N-dealkylation sites (tertiary alicyclic amines) is 1. The number of aryl methyl sites for hydroxylation is 3. The molecular formula is C21H22ClN3O3. The molecule has 3 aromatic rings. The van der Waals surface area contributed by atoms with E-state index in [-0.39, 0.29) is 11.9 Å². The average Bonchev–Trinajstić information content (AvgIpc) is 3.39. The molecule has 0 aliphatic carbocycles. The first kappa shape index (κ1) is 18.7. The lowest BCUT2D eigenvalue weighted by molar-refractivity contribution is 0.0733. The maximum Gasteiger partial charge on any atom is 0.260 e. The van der Waals surface area contributed by atoms with Gasteiger partial charge in [0.1, 0.15) is 22.8 Å². The number of benzene rings is 1. The monoisotopic (exact) mass is 399 g/mol. The van der Waals surface area contributed by atoms with E-state index in [9.17, 15) is 4.79 Å². The number of aromatic nitrogens is 2. The van der Waals surface area contributed by atoms with Crippen LogP contribution in [0.5, 0.6) is 0 Å². The molecule has 0 radical (unpaired) electrons. The molecule has 3 heterocycles. The molecule has 28 heavy (non-hydrogen) atoms. The van der Waals surface area contributed by atoms with Crippen molar-refractivity contribution in [2.24, 2.45) is 0 Å². The lowest BCUT2D eigenvalue weighted by Crippen LogP contribution is -2.31. The van der Waals surface area contributed by atoms with Crippen LogP contribution < -0.4 is 0 Å². The van der Waals surface area contributed by atoms with Gasteiger partial charge in [0.15, 0.2) is 0 Å². The second-order valence-electron chi connectivity index (χ2n) is 7.06. The van der Waals surface area contributed by atoms with Gasteiger partial charge in [-0.05, 0) is 32.8 Å². The molecule has 1 aromatic carbocycles. The molecule has 1 fully saturated rings. The van der Waals surface area contributed by atoms with Crippen LogP contribution in [0.1, 0.15) is 58.9 Å². The smallest absolute Gasteiger partial charge is 0.260 e. The van der Waals surface area contributed by atoms with E-state index >= 15 is 0 Å². The summed E-state index contributed by atoms with van der Waals surface area (Å²) in [4.78, 5) is 15.5. The van der Waals surface area contributed by atoms with Crippen LogP contribution in [0.3, 0.4) is 0 Å². The van der Waals surface area contributed by atoms with E-state index in [2.05, 4.69) is 10.3 Å². The van der Waals surface area contributed by atoms with Gasteiger partial charge in [-0.15, -0.1) is 0 Å². The largest absolute Gasteiger partial charge is 0.361 e. The van der Waals surface area contributed by atoms with Crippen LogP contribution in [0, 0.1) is 13.8 Å². The summed E-state index contributed by atoms with van der Waals surface area (Å²) in [5.74, 6) is 1.23. The Bertz CT molecular complexity index is 1020. The molecule has 1 saturated heterocycles. The SMILES string of the molecule is CCc1onc(C)c1[C@H]1CCCN1C(=O)c1c(-c2ccccc2Cl)noc1C. The van der Waals surface area contributed by atoms with Crippen molar-refractivity contribution in [3.63, 3.8) is 0 Å². The molecule has 0 spiro atoms. The maximum atomic E-state index is 13.6. The summed E-state index contributed by atoms with van der Waals surface area (Å²) in [6.45, 7) is 6.39. The summed E-state index contributed by atoms with van der Waals surface area (Å²) in [5.41, 5.74) is 3.51. The second-order valence-corrected chi connectivity index (χ2v) is 7.46. The van der Waals surface area contributed by atoms with E-state index in [4.69, 9.17) is 20.6 Å². The molecule has 0 unspecified atom stereocenters. The number of hydrogen-bond acceptors (Lipinski definition) is 5. The molecule has 2 aromatic heterocycles. The molecule has 1 aliphatic heterocycles. The number of nitrogens with zero attached hydrogens (tertiary/aromatic N) is 3. The van der Waals surface area contributed by atoms with Crippen LogP contribution in [0.2, 0.25) is 5.02 Å². The summed E-state index contributed by atoms with van der Waals surface area (Å²) < 4.78 is 10.9. The molecule has 1 atom stereocenters. The summed E-state index contributed by atoms with van der Waals surface area (Å²) in [6, 6.07) is 7.28. The number of amides is 1. The van der Waals surface area contributed by atoms with Crippen LogP contribution in [-0.2, 0) is 6.42 Å². The highest BCUT2D eigenvalue weighted by Gasteiger charge is 2.37. The zero-order valence-corrected chi connectivity index (χ0v) is 16.9. The van der Waals surface area contributed by atoms with Crippen molar-refractivity contribution in [1.82, 2.24) is 15.2 Å². The average molecular weight is 400 g/mol. The van der Waals surface area contributed by atoms with E-state index in [1.165, 1.54) is 0 Å². The third-order valence-corrected chi connectivity index (χ3v) is 5.69. The van der Waals surface area contributed by atoms with Crippen LogP contribution in [0.4, 0.5) is 0 Å². The van der Waals surface area contributed by atoms with E-state index in [1.807, 2.05) is 36.9 Å². The zero-order chi connectivity index (χ0) is 19.8. The fourth-order valence-electron chi connectivity index (χ4n) is 4.02. The zero-order valence-electron chi connectivity index (χ0n) is 16.2. The lowest BCUT2D eigenvalue weighted by atomic mass is 10.00. The Kier molecular flexibility index (Phi) is 4.98. The van der Waals surface area contributed by atoms with E-state index in [1.54, 1.807) is 13.0 Å². The number of carbonyl (C=O) groups is 1. The Morgan fingerprint density at radius 1 is 1.25 bits per heavy atom. The number of hydrogen-bond donors (Lipinski definition) is 0. The number of halogens is 1. The van der Waals surface area contributed by atoms with Gasteiger partial charge in [-0.2, -0.15) is 0 Å². The molecule has 0 bridgehead atoms. The van der Waals surface area contributed by atoms with E-state index < -0.39 is 0 Å². The summed E-state index contributed by atoms with van der Waals surface area (Å²) in [5, 5.41) is 8.80. The minimum Gasteiger partial charge on any atom is -0.361 e. The van der Waals surface area contributed by atoms with Crippen molar-refractivity contribution >= 4 is 17.5 Å². The predicted molar refractivity (Wildman–Crippen MR) is 105 cm³/mol. The van der Waals surface area contributed by atoms with Gasteiger partial charge >= 0.3 is 0 Å². The molecule has 1 aliphatic rings. The van der Waals surface area contributed by atoms with Crippen LogP contribution in [0.15, 0.2) is 33.3 Å². The molecule has 0 N–H and O–H groups in total. The minimum atomic E-state index is -0.0983. The van der Waals surface area contributed by atoms with Gasteiger partial charge in [0.25, 0.3) is 5.91 Å². The molecule has 4 rings (SSSR count). The van der Waals surface area contributed by atoms with Gasteiger partial charge in [-0.1, -0.05) is 47.0 Å². The molecular weight excluding hydrogens is 378 g/mol. The normalized spacial score (nSPS) is 16.7. The maximum absolute atomic E-state index is 13.6. The standard InChI is InChI=1S/C21H22ClN3O3/c1-4-17-18(12(2)23-28-17)16-10-7-11-25(16)21(26)19-13(3)27-24-20(19)14-8-5-6-9-15(14)22/h5-6,8-9,16H,4,7,10-11H2,1-3H3/t16-/m1/s1. The summed E-state index contributed by atoms with van der Waals surface area (Å²) in [7, 11) is 0. The van der Waals surface area contributed by atoms with Crippen molar-refractivity contribution in [3.05, 3.63) is 57.6 Å². The van der Waals surface area contributed by atoms with E-state index in [0.29, 0.717) is 34.1 Å². The van der Waals surface area contributed by atoms with Crippen LogP contribution in [-0.4, -0.2) is 27.7 Å². The van der Waals surface area contributed by atoms with E-state index in [0.717, 1.165) is 36.3 Å². The first-order valence-corrected chi connectivity index (χ1v) is 9.87. The van der Waals surface area contributed by atoms with Crippen molar-refractivity contribution in [2.75, 3.05) is 6.54 Å². The molecule has 6 nitrogen and oxygen atoms in total. The molecule has 7 heteroatoms. The first-order valence-electron chi connectivity index (χ1n) is 9.50. The quantitative estimate of drug-likeness (QED) is 0.607. The van der Waals surface area contributed by atoms with Gasteiger partial charge in [0, 0.05) is 24.1 Å². The summed E-state index contributed by atoms with van der Waals surface area (Å²) >= 11 is 6.35. The Balaban J connectivity index is 1.75. The van der Waals surface area contributed by atoms with Crippen LogP contribution >= 0.6 is 11.6 Å². The molecule has 0 saturated carbocycles. The highest BCUT2D eigenvalue weighted by Crippen LogP contribution is 2.39. The Labute approximate surface area is 168 Å². The fraction of sp³-hybridized carbons (Fsp3) is 0.381. The van der Waals surface area contributed by atoms with Gasteiger partial charge < -0.3 is 13.9 Å². The number of rotatable bonds is 4. The topological polar surface area (TPSA) is 72.4 Å². The lowest BCUT2D eigenvalue weighted by Gasteiger charge is -2.25. The highest BCUT2D eigenvalue weighted by molar-refractivity contribution is 6.33. The predicted octanol–water partition coefficient (Wildman–Crippen LogP) is 5.14.